The Bertz CT molecular complexity index is 606. The number of nitrogens with one attached hydrogen (secondary N) is 1. The molecular formula is C14H18N2O4. The lowest BCUT2D eigenvalue weighted by Gasteiger charge is -2.13. The summed E-state index contributed by atoms with van der Waals surface area (Å²) in [5, 5.41) is 12.8. The number of aliphatic hydroxyl groups excluding tert-OH is 1. The summed E-state index contributed by atoms with van der Waals surface area (Å²) in [5.74, 6) is 0.809. The van der Waals surface area contributed by atoms with E-state index in [-0.39, 0.29) is 6.54 Å². The summed E-state index contributed by atoms with van der Waals surface area (Å²) in [6.07, 6.45) is -0.897. The summed E-state index contributed by atoms with van der Waals surface area (Å²) in [6, 6.07) is 6.44. The Morgan fingerprint density at radius 2 is 2.30 bits per heavy atom. The van der Waals surface area contributed by atoms with Crippen molar-refractivity contribution in [3.8, 4) is 5.75 Å². The first-order valence-corrected chi connectivity index (χ1v) is 6.29. The number of rotatable bonds is 5. The van der Waals surface area contributed by atoms with Gasteiger partial charge >= 0.3 is 0 Å². The number of carbonyl (C=O) groups is 1. The van der Waals surface area contributed by atoms with Gasteiger partial charge in [-0.15, -0.1) is 0 Å². The molecule has 1 aromatic carbocycles. The van der Waals surface area contributed by atoms with Gasteiger partial charge in [0, 0.05) is 5.39 Å². The van der Waals surface area contributed by atoms with E-state index in [1.165, 1.54) is 6.92 Å². The second-order valence-corrected chi connectivity index (χ2v) is 4.58. The van der Waals surface area contributed by atoms with Crippen LogP contribution in [0, 0.1) is 0 Å². The summed E-state index contributed by atoms with van der Waals surface area (Å²) >= 11 is 0. The number of aliphatic hydroxyl groups is 1. The first-order valence-electron chi connectivity index (χ1n) is 6.29. The van der Waals surface area contributed by atoms with Crippen LogP contribution in [0.4, 0.5) is 0 Å². The van der Waals surface area contributed by atoms with E-state index < -0.39 is 18.1 Å². The monoisotopic (exact) mass is 278 g/mol. The maximum Gasteiger partial charge on any atom is 0.239 e. The lowest BCUT2D eigenvalue weighted by molar-refractivity contribution is -0.124. The second-order valence-electron chi connectivity index (χ2n) is 4.58. The Morgan fingerprint density at radius 1 is 1.55 bits per heavy atom. The van der Waals surface area contributed by atoms with Crippen LogP contribution in [0.3, 0.4) is 0 Å². The number of hydrogen-bond acceptors (Lipinski definition) is 5. The maximum absolute atomic E-state index is 11.6. The Kier molecular flexibility index (Phi) is 4.26. The van der Waals surface area contributed by atoms with E-state index in [2.05, 4.69) is 5.32 Å². The highest BCUT2D eigenvalue weighted by Gasteiger charge is 2.18. The minimum absolute atomic E-state index is 0.205. The molecule has 0 aliphatic heterocycles. The van der Waals surface area contributed by atoms with Gasteiger partial charge in [-0.25, -0.2) is 0 Å². The molecule has 1 aromatic heterocycles. The van der Waals surface area contributed by atoms with Crippen LogP contribution < -0.4 is 15.8 Å². The van der Waals surface area contributed by atoms with Gasteiger partial charge in [-0.2, -0.15) is 0 Å². The number of fused-ring (bicyclic) bond motifs is 1. The fourth-order valence-electron chi connectivity index (χ4n) is 1.85. The first kappa shape index (κ1) is 14.4. The smallest absolute Gasteiger partial charge is 0.239 e. The first-order chi connectivity index (χ1) is 9.52. The number of carbonyl (C=O) groups excluding carboxylic acids is 1. The Morgan fingerprint density at radius 3 is 2.95 bits per heavy atom. The van der Waals surface area contributed by atoms with E-state index in [9.17, 15) is 9.90 Å². The van der Waals surface area contributed by atoms with E-state index in [1.54, 1.807) is 13.2 Å². The van der Waals surface area contributed by atoms with Gasteiger partial charge in [-0.1, -0.05) is 12.1 Å². The number of ether oxygens (including phenoxy) is 1. The van der Waals surface area contributed by atoms with Gasteiger partial charge in [0.25, 0.3) is 0 Å². The van der Waals surface area contributed by atoms with E-state index in [4.69, 9.17) is 14.9 Å². The number of methoxy groups -OCH3 is 1. The third-order valence-electron chi connectivity index (χ3n) is 3.04. The zero-order valence-electron chi connectivity index (χ0n) is 11.4. The minimum atomic E-state index is -0.950. The fourth-order valence-corrected chi connectivity index (χ4v) is 1.85. The minimum Gasteiger partial charge on any atom is -0.493 e. The number of nitrogens with two attached hydrogens (primary N) is 1. The fraction of sp³-hybridized carbons (Fsp3) is 0.357. The van der Waals surface area contributed by atoms with Crippen LogP contribution in [0.1, 0.15) is 12.7 Å². The van der Waals surface area contributed by atoms with Crippen LogP contribution in [0.2, 0.25) is 0 Å². The molecule has 0 radical (unpaired) electrons. The van der Waals surface area contributed by atoms with E-state index in [1.807, 2.05) is 18.2 Å². The zero-order valence-corrected chi connectivity index (χ0v) is 11.4. The molecule has 20 heavy (non-hydrogen) atoms. The topological polar surface area (TPSA) is 97.7 Å². The van der Waals surface area contributed by atoms with Gasteiger partial charge in [-0.3, -0.25) is 4.79 Å². The molecule has 0 aliphatic rings. The van der Waals surface area contributed by atoms with Crippen LogP contribution in [0.25, 0.3) is 11.0 Å². The van der Waals surface area contributed by atoms with Crippen LogP contribution in [0.15, 0.2) is 28.7 Å². The highest BCUT2D eigenvalue weighted by atomic mass is 16.5. The lowest BCUT2D eigenvalue weighted by Crippen LogP contribution is -2.46. The maximum atomic E-state index is 11.6. The second kappa shape index (κ2) is 5.94. The molecule has 2 rings (SSSR count). The molecule has 6 heteroatoms. The van der Waals surface area contributed by atoms with Gasteiger partial charge in [0.15, 0.2) is 11.3 Å². The molecule has 0 unspecified atom stereocenters. The molecule has 0 saturated carbocycles. The van der Waals surface area contributed by atoms with E-state index in [0.29, 0.717) is 17.1 Å². The van der Waals surface area contributed by atoms with Crippen molar-refractivity contribution in [2.45, 2.75) is 25.6 Å². The van der Waals surface area contributed by atoms with Crippen molar-refractivity contribution >= 4 is 16.9 Å². The van der Waals surface area contributed by atoms with Gasteiger partial charge in [0.2, 0.25) is 5.91 Å². The quantitative estimate of drug-likeness (QED) is 0.750. The highest BCUT2D eigenvalue weighted by Crippen LogP contribution is 2.28. The predicted octanol–water partition coefficient (Wildman–Crippen LogP) is 0.766. The van der Waals surface area contributed by atoms with Crippen LogP contribution in [0.5, 0.6) is 5.75 Å². The normalized spacial score (nSPS) is 14.0. The summed E-state index contributed by atoms with van der Waals surface area (Å²) in [6.45, 7) is 1.67. The lowest BCUT2D eigenvalue weighted by atomic mass is 10.2. The molecule has 4 N–H and O–H groups in total. The van der Waals surface area contributed by atoms with Crippen molar-refractivity contribution in [3.05, 3.63) is 30.0 Å². The molecule has 6 nitrogen and oxygen atoms in total. The standard InChI is InChI=1S/C14H18N2O4/c1-8(17)12(15)14(18)16-7-10-6-9-4-3-5-11(19-2)13(9)20-10/h3-6,8,12,17H,7,15H2,1-2H3,(H,16,18)/t8-,12-/m1/s1. The number of para-hydroxylation sites is 1. The van der Waals surface area contributed by atoms with Crippen LogP contribution in [-0.4, -0.2) is 30.3 Å². The number of furan rings is 1. The zero-order chi connectivity index (χ0) is 14.7. The summed E-state index contributed by atoms with van der Waals surface area (Å²) in [7, 11) is 1.57. The predicted molar refractivity (Wildman–Crippen MR) is 74.3 cm³/mol. The number of amides is 1. The van der Waals surface area contributed by atoms with Crippen molar-refractivity contribution in [2.75, 3.05) is 7.11 Å². The van der Waals surface area contributed by atoms with Crippen LogP contribution in [-0.2, 0) is 11.3 Å². The molecule has 1 heterocycles. The third-order valence-corrected chi connectivity index (χ3v) is 3.04. The molecule has 0 bridgehead atoms. The van der Waals surface area contributed by atoms with Gasteiger partial charge in [0.1, 0.15) is 11.8 Å². The average molecular weight is 278 g/mol. The third kappa shape index (κ3) is 2.92. The largest absolute Gasteiger partial charge is 0.493 e. The van der Waals surface area contributed by atoms with Crippen LogP contribution >= 0.6 is 0 Å². The van der Waals surface area contributed by atoms with E-state index >= 15 is 0 Å². The Balaban J connectivity index is 2.09. The Hall–Kier alpha value is -2.05. The van der Waals surface area contributed by atoms with Crippen molar-refractivity contribution in [1.29, 1.82) is 0 Å². The summed E-state index contributed by atoms with van der Waals surface area (Å²) < 4.78 is 10.8. The SMILES string of the molecule is COc1cccc2cc(CNC(=O)[C@H](N)[C@@H](C)O)oc12. The molecule has 0 fully saturated rings. The molecule has 0 aliphatic carbocycles. The molecule has 108 valence electrons. The van der Waals surface area contributed by atoms with E-state index in [0.717, 1.165) is 5.39 Å². The Labute approximate surface area is 116 Å². The van der Waals surface area contributed by atoms with Gasteiger partial charge < -0.3 is 25.3 Å². The van der Waals surface area contributed by atoms with Crippen molar-refractivity contribution in [1.82, 2.24) is 5.32 Å². The van der Waals surface area contributed by atoms with Gasteiger partial charge in [-0.05, 0) is 19.1 Å². The summed E-state index contributed by atoms with van der Waals surface area (Å²) in [4.78, 5) is 11.6. The molecule has 0 saturated heterocycles. The molecule has 2 atom stereocenters. The van der Waals surface area contributed by atoms with Crippen molar-refractivity contribution < 1.29 is 19.1 Å². The van der Waals surface area contributed by atoms with Gasteiger partial charge in [0.05, 0.1) is 19.8 Å². The molecule has 0 spiro atoms. The van der Waals surface area contributed by atoms with Crippen molar-refractivity contribution in [2.24, 2.45) is 5.73 Å². The number of hydrogen-bond donors (Lipinski definition) is 3. The van der Waals surface area contributed by atoms with Crippen molar-refractivity contribution in [3.63, 3.8) is 0 Å². The number of benzene rings is 1. The summed E-state index contributed by atoms with van der Waals surface area (Å²) in [5.41, 5.74) is 6.17. The highest BCUT2D eigenvalue weighted by molar-refractivity contribution is 5.84. The molecular weight excluding hydrogens is 260 g/mol. The molecule has 2 aromatic rings. The molecule has 1 amide bonds. The average Bonchev–Trinajstić information content (AvgIpc) is 2.86.